The summed E-state index contributed by atoms with van der Waals surface area (Å²) >= 11 is 0. The fourth-order valence-corrected chi connectivity index (χ4v) is 1.27. The van der Waals surface area contributed by atoms with Crippen LogP contribution in [-0.4, -0.2) is 13.9 Å². The van der Waals surface area contributed by atoms with Crippen molar-refractivity contribution >= 4 is 10.1 Å². The van der Waals surface area contributed by atoms with Crippen molar-refractivity contribution in [2.24, 2.45) is 0 Å². The first kappa shape index (κ1) is 14.3. The van der Waals surface area contributed by atoms with Crippen LogP contribution in [0.3, 0.4) is 0 Å². The Labute approximate surface area is 87.0 Å². The smallest absolute Gasteiger partial charge is 0.381 e. The number of rotatable bonds is 5. The minimum absolute atomic E-state index is 0.249. The number of alkyl halides is 3. The maximum atomic E-state index is 11.8. The Balaban J connectivity index is 4.42. The van der Waals surface area contributed by atoms with Gasteiger partial charge in [0.15, 0.2) is 0 Å². The Morgan fingerprint density at radius 2 is 1.93 bits per heavy atom. The first-order chi connectivity index (χ1) is 6.70. The van der Waals surface area contributed by atoms with Gasteiger partial charge in [-0.05, 0) is 25.8 Å². The van der Waals surface area contributed by atoms with Crippen LogP contribution in [0.2, 0.25) is 0 Å². The Morgan fingerprint density at radius 1 is 1.40 bits per heavy atom. The van der Waals surface area contributed by atoms with E-state index in [1.54, 1.807) is 0 Å². The number of unbranched alkanes of at least 4 members (excludes halogenated alkanes) is 2. The average molecular weight is 246 g/mol. The molecule has 0 atom stereocenters. The summed E-state index contributed by atoms with van der Waals surface area (Å²) in [4.78, 5) is 0. The molecule has 0 saturated heterocycles. The highest BCUT2D eigenvalue weighted by Gasteiger charge is 2.48. The lowest BCUT2D eigenvalue weighted by atomic mass is 10.2. The number of hydrogen-bond donors (Lipinski definition) is 0. The summed E-state index contributed by atoms with van der Waals surface area (Å²) in [5.41, 5.74) is -5.37. The van der Waals surface area contributed by atoms with Crippen LogP contribution in [0.5, 0.6) is 0 Å². The molecule has 7 heteroatoms. The normalized spacial score (nSPS) is 14.1. The molecule has 0 rings (SSSR count). The van der Waals surface area contributed by atoms with Crippen LogP contribution < -0.4 is 0 Å². The quantitative estimate of drug-likeness (QED) is 0.324. The molecule has 0 aromatic heterocycles. The highest BCUT2D eigenvalue weighted by molar-refractivity contribution is 7.87. The van der Waals surface area contributed by atoms with E-state index in [1.807, 2.05) is 6.92 Å². The largest absolute Gasteiger partial charge is 0.534 e. The van der Waals surface area contributed by atoms with Crippen molar-refractivity contribution < 1.29 is 25.8 Å². The topological polar surface area (TPSA) is 43.4 Å². The predicted molar refractivity (Wildman–Crippen MR) is 49.3 cm³/mol. The van der Waals surface area contributed by atoms with E-state index >= 15 is 0 Å². The zero-order chi connectivity index (χ0) is 12.1. The lowest BCUT2D eigenvalue weighted by Crippen LogP contribution is -2.24. The van der Waals surface area contributed by atoms with Gasteiger partial charge in [-0.15, -0.1) is 0 Å². The summed E-state index contributed by atoms with van der Waals surface area (Å²) in [5, 5.41) is 0. The molecule has 0 aromatic rings. The van der Waals surface area contributed by atoms with Crippen molar-refractivity contribution in [1.82, 2.24) is 0 Å². The summed E-state index contributed by atoms with van der Waals surface area (Å²) in [6.07, 6.45) is 3.46. The van der Waals surface area contributed by atoms with Crippen molar-refractivity contribution in [3.05, 3.63) is 11.8 Å². The lowest BCUT2D eigenvalue weighted by molar-refractivity contribution is -0.0521. The van der Waals surface area contributed by atoms with E-state index in [-0.39, 0.29) is 5.76 Å². The van der Waals surface area contributed by atoms with E-state index in [2.05, 4.69) is 4.18 Å². The maximum absolute atomic E-state index is 11.8. The van der Waals surface area contributed by atoms with Gasteiger partial charge in [0.05, 0.1) is 0 Å². The van der Waals surface area contributed by atoms with Crippen molar-refractivity contribution in [2.75, 3.05) is 0 Å². The molecule has 0 heterocycles. The number of allylic oxidation sites excluding steroid dienone is 2. The van der Waals surface area contributed by atoms with E-state index in [4.69, 9.17) is 0 Å². The third-order valence-corrected chi connectivity index (χ3v) is 2.56. The Morgan fingerprint density at radius 3 is 2.33 bits per heavy atom. The highest BCUT2D eigenvalue weighted by atomic mass is 32.2. The number of hydrogen-bond acceptors (Lipinski definition) is 3. The number of halogens is 3. The lowest BCUT2D eigenvalue weighted by Gasteiger charge is -2.09. The average Bonchev–Trinajstić information content (AvgIpc) is 2.01. The van der Waals surface area contributed by atoms with Crippen molar-refractivity contribution in [2.45, 2.75) is 38.6 Å². The molecule has 0 amide bonds. The molecule has 0 bridgehead atoms. The van der Waals surface area contributed by atoms with Crippen molar-refractivity contribution in [1.29, 1.82) is 0 Å². The zero-order valence-corrected chi connectivity index (χ0v) is 9.28. The molecule has 15 heavy (non-hydrogen) atoms. The molecule has 0 N–H and O–H groups in total. The second kappa shape index (κ2) is 5.39. The predicted octanol–water partition coefficient (Wildman–Crippen LogP) is 2.95. The van der Waals surface area contributed by atoms with E-state index < -0.39 is 15.6 Å². The fraction of sp³-hybridized carbons (Fsp3) is 0.750. The molecule has 0 spiro atoms. The second-order valence-electron chi connectivity index (χ2n) is 2.94. The van der Waals surface area contributed by atoms with Gasteiger partial charge in [-0.2, -0.15) is 21.6 Å². The molecular weight excluding hydrogens is 233 g/mol. The van der Waals surface area contributed by atoms with Crippen molar-refractivity contribution in [3.63, 3.8) is 0 Å². The van der Waals surface area contributed by atoms with Gasteiger partial charge in [0.25, 0.3) is 0 Å². The summed E-state index contributed by atoms with van der Waals surface area (Å²) in [7, 11) is -5.50. The third kappa shape index (κ3) is 5.06. The summed E-state index contributed by atoms with van der Waals surface area (Å²) in [5.74, 6) is -0.249. The fourth-order valence-electron chi connectivity index (χ4n) is 0.764. The molecule has 0 aliphatic heterocycles. The van der Waals surface area contributed by atoms with Crippen molar-refractivity contribution in [3.8, 4) is 0 Å². The Bertz CT molecular complexity index is 317. The molecule has 3 nitrogen and oxygen atoms in total. The van der Waals surface area contributed by atoms with E-state index in [1.165, 1.54) is 13.0 Å². The van der Waals surface area contributed by atoms with Crippen LogP contribution in [0.25, 0.3) is 0 Å². The van der Waals surface area contributed by atoms with Crippen LogP contribution in [0.4, 0.5) is 13.2 Å². The van der Waals surface area contributed by atoms with Crippen LogP contribution >= 0.6 is 0 Å². The second-order valence-corrected chi connectivity index (χ2v) is 4.48. The summed E-state index contributed by atoms with van der Waals surface area (Å²) in [6.45, 7) is 3.09. The molecule has 0 unspecified atom stereocenters. The van der Waals surface area contributed by atoms with Crippen LogP contribution in [0, 0.1) is 0 Å². The minimum atomic E-state index is -5.50. The third-order valence-electron chi connectivity index (χ3n) is 1.51. The van der Waals surface area contributed by atoms with E-state index in [0.29, 0.717) is 6.42 Å². The molecule has 90 valence electrons. The SMILES string of the molecule is CCCC/C=C(/C)OS(=O)(=O)C(F)(F)F. The van der Waals surface area contributed by atoms with Gasteiger partial charge in [-0.3, -0.25) is 0 Å². The van der Waals surface area contributed by atoms with E-state index in [9.17, 15) is 21.6 Å². The summed E-state index contributed by atoms with van der Waals surface area (Å²) in [6, 6.07) is 0. The first-order valence-electron chi connectivity index (χ1n) is 4.38. The molecule has 0 radical (unpaired) electrons. The minimum Gasteiger partial charge on any atom is -0.381 e. The van der Waals surface area contributed by atoms with Gasteiger partial charge < -0.3 is 4.18 Å². The molecule has 0 fully saturated rings. The van der Waals surface area contributed by atoms with Gasteiger partial charge in [-0.1, -0.05) is 13.3 Å². The highest BCUT2D eigenvalue weighted by Crippen LogP contribution is 2.26. The standard InChI is InChI=1S/C8H13F3O3S/c1-3-4-5-6-7(2)14-15(12,13)8(9,10)11/h6H,3-5H2,1-2H3/b7-6-. The Kier molecular flexibility index (Phi) is 5.13. The van der Waals surface area contributed by atoms with Gasteiger partial charge in [0, 0.05) is 0 Å². The molecular formula is C8H13F3O3S. The monoisotopic (exact) mass is 246 g/mol. The summed E-state index contributed by atoms with van der Waals surface area (Å²) < 4.78 is 60.4. The van der Waals surface area contributed by atoms with Crippen LogP contribution in [-0.2, 0) is 14.3 Å². The maximum Gasteiger partial charge on any atom is 0.534 e. The Hall–Kier alpha value is -0.720. The molecule has 0 aliphatic carbocycles. The van der Waals surface area contributed by atoms with Crippen LogP contribution in [0.15, 0.2) is 11.8 Å². The van der Waals surface area contributed by atoms with Gasteiger partial charge in [0.1, 0.15) is 5.76 Å². The van der Waals surface area contributed by atoms with Gasteiger partial charge >= 0.3 is 15.6 Å². The van der Waals surface area contributed by atoms with Gasteiger partial charge in [-0.25, -0.2) is 0 Å². The molecule has 0 aromatic carbocycles. The van der Waals surface area contributed by atoms with Crippen LogP contribution in [0.1, 0.15) is 33.1 Å². The van der Waals surface area contributed by atoms with E-state index in [0.717, 1.165) is 12.8 Å². The molecule has 0 saturated carbocycles. The zero-order valence-electron chi connectivity index (χ0n) is 8.47. The molecule has 0 aliphatic rings. The first-order valence-corrected chi connectivity index (χ1v) is 5.79. The van der Waals surface area contributed by atoms with Gasteiger partial charge in [0.2, 0.25) is 0 Å².